The molecule has 4 heteroatoms. The van der Waals surface area contributed by atoms with Crippen molar-refractivity contribution in [1.29, 1.82) is 0 Å². The molecule has 1 aliphatic carbocycles. The average molecular weight is 268 g/mol. The van der Waals surface area contributed by atoms with Crippen LogP contribution in [-0.2, 0) is 9.53 Å². The van der Waals surface area contributed by atoms with Crippen LogP contribution >= 0.6 is 0 Å². The molecule has 110 valence electrons. The molecule has 19 heavy (non-hydrogen) atoms. The summed E-state index contributed by atoms with van der Waals surface area (Å²) in [5.74, 6) is 0.260. The van der Waals surface area contributed by atoms with Crippen molar-refractivity contribution in [2.75, 3.05) is 13.2 Å². The predicted molar refractivity (Wildman–Crippen MR) is 75.8 cm³/mol. The molecule has 2 rings (SSSR count). The van der Waals surface area contributed by atoms with Crippen molar-refractivity contribution in [3.05, 3.63) is 0 Å². The number of amides is 1. The predicted octanol–water partition coefficient (Wildman–Crippen LogP) is 2.28. The number of ether oxygens (including phenoxy) is 1. The Hall–Kier alpha value is -0.610. The van der Waals surface area contributed by atoms with E-state index < -0.39 is 0 Å². The highest BCUT2D eigenvalue weighted by Crippen LogP contribution is 2.21. The Morgan fingerprint density at radius 3 is 2.68 bits per heavy atom. The van der Waals surface area contributed by atoms with Gasteiger partial charge in [0.05, 0.1) is 24.9 Å². The third-order valence-corrected chi connectivity index (χ3v) is 4.31. The number of nitrogens with one attached hydrogen (secondary N) is 1. The van der Waals surface area contributed by atoms with Gasteiger partial charge in [-0.15, -0.1) is 0 Å². The van der Waals surface area contributed by atoms with E-state index in [9.17, 15) is 4.79 Å². The maximum absolute atomic E-state index is 12.3. The normalized spacial score (nSPS) is 28.5. The van der Waals surface area contributed by atoms with Crippen LogP contribution in [0.2, 0.25) is 0 Å². The first-order valence-corrected chi connectivity index (χ1v) is 7.94. The van der Waals surface area contributed by atoms with Crippen LogP contribution in [0.5, 0.6) is 0 Å². The molecule has 0 aromatic heterocycles. The van der Waals surface area contributed by atoms with Crippen molar-refractivity contribution in [2.45, 2.75) is 77.1 Å². The van der Waals surface area contributed by atoms with E-state index in [1.54, 1.807) is 0 Å². The van der Waals surface area contributed by atoms with E-state index >= 15 is 0 Å². The number of rotatable bonds is 7. The van der Waals surface area contributed by atoms with E-state index in [-0.39, 0.29) is 18.1 Å². The van der Waals surface area contributed by atoms with E-state index in [1.165, 1.54) is 25.7 Å². The fourth-order valence-electron chi connectivity index (χ4n) is 3.19. The lowest BCUT2D eigenvalue weighted by Gasteiger charge is -2.24. The van der Waals surface area contributed by atoms with Crippen LogP contribution in [0, 0.1) is 0 Å². The number of hydrogen-bond acceptors (Lipinski definition) is 3. The molecule has 0 spiro atoms. The smallest absolute Gasteiger partial charge is 0.241 e. The second-order valence-corrected chi connectivity index (χ2v) is 5.74. The summed E-state index contributed by atoms with van der Waals surface area (Å²) in [6.45, 7) is 5.66. The molecule has 2 unspecified atom stereocenters. The van der Waals surface area contributed by atoms with E-state index in [2.05, 4.69) is 19.2 Å². The Labute approximate surface area is 116 Å². The van der Waals surface area contributed by atoms with Gasteiger partial charge in [-0.25, -0.2) is 0 Å². The summed E-state index contributed by atoms with van der Waals surface area (Å²) in [7, 11) is 0. The molecule has 0 bridgehead atoms. The molecule has 0 aromatic rings. The first kappa shape index (κ1) is 14.8. The molecule has 2 atom stereocenters. The topological polar surface area (TPSA) is 41.6 Å². The number of nitrogens with zero attached hydrogens (tertiary/aromatic N) is 1. The quantitative estimate of drug-likeness (QED) is 0.770. The van der Waals surface area contributed by atoms with Gasteiger partial charge in [-0.3, -0.25) is 10.1 Å². The Morgan fingerprint density at radius 2 is 2.05 bits per heavy atom. The first-order valence-electron chi connectivity index (χ1n) is 7.94. The van der Waals surface area contributed by atoms with Gasteiger partial charge in [0.1, 0.15) is 0 Å². The molecular formula is C15H28N2O2. The molecule has 0 radical (unpaired) electrons. The largest absolute Gasteiger partial charge is 0.376 e. The van der Waals surface area contributed by atoms with E-state index in [1.807, 2.05) is 4.90 Å². The van der Waals surface area contributed by atoms with Crippen molar-refractivity contribution in [1.82, 2.24) is 10.2 Å². The zero-order valence-corrected chi connectivity index (χ0v) is 12.4. The summed E-state index contributed by atoms with van der Waals surface area (Å²) in [6, 6.07) is 0.0167. The highest BCUT2D eigenvalue weighted by Gasteiger charge is 2.36. The molecule has 1 saturated heterocycles. The molecule has 1 N–H and O–H groups in total. The minimum absolute atomic E-state index is 0.0167. The van der Waals surface area contributed by atoms with Crippen molar-refractivity contribution in [2.24, 2.45) is 0 Å². The zero-order chi connectivity index (χ0) is 13.7. The molecule has 0 aromatic carbocycles. The molecule has 1 amide bonds. The maximum atomic E-state index is 12.3. The van der Waals surface area contributed by atoms with Crippen molar-refractivity contribution >= 4 is 5.91 Å². The van der Waals surface area contributed by atoms with Crippen LogP contribution in [0.15, 0.2) is 0 Å². The van der Waals surface area contributed by atoms with Crippen LogP contribution in [0.3, 0.4) is 0 Å². The van der Waals surface area contributed by atoms with Gasteiger partial charge in [-0.1, -0.05) is 33.1 Å². The average Bonchev–Trinajstić information content (AvgIpc) is 3.01. The SMILES string of the molecule is CCCC1NC(CC)C(=O)N1CCOC1CCCC1. The van der Waals surface area contributed by atoms with Crippen molar-refractivity contribution < 1.29 is 9.53 Å². The van der Waals surface area contributed by atoms with Crippen LogP contribution in [-0.4, -0.2) is 42.3 Å². The van der Waals surface area contributed by atoms with Crippen LogP contribution in [0.4, 0.5) is 0 Å². The van der Waals surface area contributed by atoms with Gasteiger partial charge in [-0.2, -0.15) is 0 Å². The fraction of sp³-hybridized carbons (Fsp3) is 0.933. The summed E-state index contributed by atoms with van der Waals surface area (Å²) >= 11 is 0. The lowest BCUT2D eigenvalue weighted by atomic mass is 10.2. The number of hydrogen-bond donors (Lipinski definition) is 1. The van der Waals surface area contributed by atoms with Crippen LogP contribution in [0.1, 0.15) is 58.8 Å². The minimum atomic E-state index is 0.0167. The van der Waals surface area contributed by atoms with Gasteiger partial charge in [0.2, 0.25) is 5.91 Å². The van der Waals surface area contributed by atoms with E-state index in [0.717, 1.165) is 25.8 Å². The van der Waals surface area contributed by atoms with Gasteiger partial charge in [0.25, 0.3) is 0 Å². The summed E-state index contributed by atoms with van der Waals surface area (Å²) in [4.78, 5) is 14.2. The highest BCUT2D eigenvalue weighted by atomic mass is 16.5. The molecule has 1 aliphatic heterocycles. The van der Waals surface area contributed by atoms with Gasteiger partial charge in [0, 0.05) is 6.54 Å². The Balaban J connectivity index is 1.79. The summed E-state index contributed by atoms with van der Waals surface area (Å²) in [6.07, 6.45) is 8.65. The zero-order valence-electron chi connectivity index (χ0n) is 12.4. The van der Waals surface area contributed by atoms with Gasteiger partial charge >= 0.3 is 0 Å². The highest BCUT2D eigenvalue weighted by molar-refractivity contribution is 5.84. The second-order valence-electron chi connectivity index (χ2n) is 5.74. The van der Waals surface area contributed by atoms with Gasteiger partial charge in [-0.05, 0) is 25.7 Å². The monoisotopic (exact) mass is 268 g/mol. The van der Waals surface area contributed by atoms with Crippen LogP contribution < -0.4 is 5.32 Å². The van der Waals surface area contributed by atoms with Crippen molar-refractivity contribution in [3.63, 3.8) is 0 Å². The number of carbonyl (C=O) groups is 1. The van der Waals surface area contributed by atoms with E-state index in [0.29, 0.717) is 12.7 Å². The Morgan fingerprint density at radius 1 is 1.32 bits per heavy atom. The number of carbonyl (C=O) groups excluding carboxylic acids is 1. The third-order valence-electron chi connectivity index (χ3n) is 4.31. The van der Waals surface area contributed by atoms with Gasteiger partial charge < -0.3 is 9.64 Å². The standard InChI is InChI=1S/C15H28N2O2/c1-3-7-14-16-13(4-2)15(18)17(14)10-11-19-12-8-5-6-9-12/h12-14,16H,3-11H2,1-2H3. The molecule has 1 saturated carbocycles. The molecule has 2 fully saturated rings. The van der Waals surface area contributed by atoms with Crippen LogP contribution in [0.25, 0.3) is 0 Å². The summed E-state index contributed by atoms with van der Waals surface area (Å²) < 4.78 is 5.89. The molecule has 4 nitrogen and oxygen atoms in total. The maximum Gasteiger partial charge on any atom is 0.241 e. The Bertz CT molecular complexity index is 290. The van der Waals surface area contributed by atoms with E-state index in [4.69, 9.17) is 4.74 Å². The summed E-state index contributed by atoms with van der Waals surface area (Å²) in [5.41, 5.74) is 0. The Kier molecular flexibility index (Phi) is 5.64. The minimum Gasteiger partial charge on any atom is -0.376 e. The molecule has 1 heterocycles. The summed E-state index contributed by atoms with van der Waals surface area (Å²) in [5, 5.41) is 3.44. The lowest BCUT2D eigenvalue weighted by Crippen LogP contribution is -2.39. The first-order chi connectivity index (χ1) is 9.26. The van der Waals surface area contributed by atoms with Crippen molar-refractivity contribution in [3.8, 4) is 0 Å². The lowest BCUT2D eigenvalue weighted by molar-refractivity contribution is -0.131. The third kappa shape index (κ3) is 3.69. The van der Waals surface area contributed by atoms with Gasteiger partial charge in [0.15, 0.2) is 0 Å². The fourth-order valence-corrected chi connectivity index (χ4v) is 3.19. The second kappa shape index (κ2) is 7.25. The molecule has 2 aliphatic rings. The molecular weight excluding hydrogens is 240 g/mol.